The number of nitrogens with one attached hydrogen (secondary N) is 4. The van der Waals surface area contributed by atoms with Crippen molar-refractivity contribution < 1.29 is 37.4 Å². The number of fused-ring (bicyclic) bond motifs is 2. The number of carbonyl (C=O) groups excluding carboxylic acids is 4. The topological polar surface area (TPSA) is 178 Å². The number of benzene rings is 3. The minimum Gasteiger partial charge on any atom is -0.453 e. The predicted octanol–water partition coefficient (Wildman–Crippen LogP) is 8.16. The third-order valence-electron chi connectivity index (χ3n) is 13.1. The molecule has 4 N–H and O–H groups in total. The molecule has 340 valence electrons. The number of rotatable bonds is 10. The second-order valence-electron chi connectivity index (χ2n) is 18.5. The number of methoxy groups -OCH3 is 2. The monoisotopic (exact) mass is 881 g/mol. The van der Waals surface area contributed by atoms with Gasteiger partial charge < -0.3 is 44.8 Å². The molecular weight excluding hydrogens is 825 g/mol. The van der Waals surface area contributed by atoms with Crippen LogP contribution in [0.1, 0.15) is 126 Å². The van der Waals surface area contributed by atoms with Crippen molar-refractivity contribution in [2.45, 2.75) is 109 Å². The normalized spacial score (nSPS) is 20.7. The van der Waals surface area contributed by atoms with Crippen molar-refractivity contribution in [1.82, 2.24) is 40.4 Å². The first-order chi connectivity index (χ1) is 30.6. The molecule has 8 rings (SSSR count). The summed E-state index contributed by atoms with van der Waals surface area (Å²) >= 11 is 0. The first-order valence-corrected chi connectivity index (χ1v) is 22.1. The van der Waals surface area contributed by atoms with Crippen LogP contribution in [-0.2, 0) is 24.5 Å². The average Bonchev–Trinajstić information content (AvgIpc) is 4.12. The molecule has 3 saturated heterocycles. The van der Waals surface area contributed by atoms with E-state index in [1.807, 2.05) is 26.0 Å². The number of halogens is 2. The van der Waals surface area contributed by atoms with E-state index in [2.05, 4.69) is 63.1 Å². The van der Waals surface area contributed by atoms with Gasteiger partial charge in [0.15, 0.2) is 0 Å². The van der Waals surface area contributed by atoms with E-state index >= 15 is 8.78 Å². The van der Waals surface area contributed by atoms with Gasteiger partial charge in [0, 0.05) is 42.0 Å². The molecule has 3 aromatic carbocycles. The van der Waals surface area contributed by atoms with Crippen LogP contribution in [0.5, 0.6) is 0 Å². The van der Waals surface area contributed by atoms with Gasteiger partial charge in [-0.25, -0.2) is 28.3 Å². The van der Waals surface area contributed by atoms with Crippen molar-refractivity contribution in [1.29, 1.82) is 0 Å². The van der Waals surface area contributed by atoms with Gasteiger partial charge in [-0.15, -0.1) is 0 Å². The molecule has 17 heteroatoms. The lowest BCUT2D eigenvalue weighted by atomic mass is 9.87. The largest absolute Gasteiger partial charge is 0.453 e. The average molecular weight is 882 g/mol. The van der Waals surface area contributed by atoms with E-state index < -0.39 is 48.0 Å². The maximum Gasteiger partial charge on any atom is 0.407 e. The van der Waals surface area contributed by atoms with Crippen LogP contribution in [0.25, 0.3) is 22.1 Å². The van der Waals surface area contributed by atoms with Crippen molar-refractivity contribution in [3.8, 4) is 0 Å². The molecular formula is C47H57F2N9O6. The van der Waals surface area contributed by atoms with E-state index in [4.69, 9.17) is 14.7 Å². The number of aromatic amines is 2. The first kappa shape index (κ1) is 44.4. The van der Waals surface area contributed by atoms with E-state index in [9.17, 15) is 19.2 Å². The maximum atomic E-state index is 16.6. The van der Waals surface area contributed by atoms with Gasteiger partial charge >= 0.3 is 12.2 Å². The lowest BCUT2D eigenvalue weighted by Crippen LogP contribution is -2.51. The summed E-state index contributed by atoms with van der Waals surface area (Å²) in [6, 6.07) is 12.1. The fourth-order valence-electron chi connectivity index (χ4n) is 9.74. The highest BCUT2D eigenvalue weighted by Crippen LogP contribution is 2.49. The zero-order valence-electron chi connectivity index (χ0n) is 37.4. The van der Waals surface area contributed by atoms with Crippen LogP contribution in [-0.4, -0.2) is 93.6 Å². The maximum absolute atomic E-state index is 16.6. The van der Waals surface area contributed by atoms with Crippen LogP contribution in [0.4, 0.5) is 24.1 Å². The number of amides is 4. The number of alkyl carbamates (subject to hydrolysis) is 2. The lowest BCUT2D eigenvalue weighted by Gasteiger charge is -2.34. The zero-order valence-corrected chi connectivity index (χ0v) is 37.4. The smallest absolute Gasteiger partial charge is 0.407 e. The molecule has 0 radical (unpaired) electrons. The number of hydrogen-bond acceptors (Lipinski definition) is 9. The number of aromatic nitrogens is 4. The van der Waals surface area contributed by atoms with Crippen molar-refractivity contribution in [3.05, 3.63) is 88.5 Å². The van der Waals surface area contributed by atoms with Crippen LogP contribution < -0.4 is 15.5 Å². The first-order valence-electron chi connectivity index (χ1n) is 22.1. The second kappa shape index (κ2) is 17.7. The number of hydrogen-bond donors (Lipinski definition) is 4. The summed E-state index contributed by atoms with van der Waals surface area (Å²) in [5, 5.41) is 5.12. The van der Waals surface area contributed by atoms with Crippen LogP contribution in [0.2, 0.25) is 0 Å². The molecule has 1 unspecified atom stereocenters. The van der Waals surface area contributed by atoms with Gasteiger partial charge in [-0.05, 0) is 79.7 Å². The van der Waals surface area contributed by atoms with Gasteiger partial charge in [0.05, 0.1) is 60.5 Å². The molecule has 5 heterocycles. The standard InChI is InChI=1S/C47H57F2N9O6/c1-25(2)41(55-46(62)64-7)44(60)57-19-9-11-39(57)43-52-33-21-29(31(49)23-35(33)54-43)37-17-16-36(58(37)27-14-12-26(13-15-27)47(3,4)5)28-20-32-34(22-30(28)48)53-42(51-32)38-10-8-18-56(38)40(59)24-50-45(61)63-6/h12-15,20-23,25,36-39,41H,8-11,16-19,24H2,1-7H3,(H,50,61)(H,51,53)(H,52,54)(H,55,62)/t36-,37+,38+,39+,41?/m1/s1. The van der Waals surface area contributed by atoms with Crippen LogP contribution in [0, 0.1) is 17.6 Å². The molecule has 0 saturated carbocycles. The fraction of sp³-hybridized carbons (Fsp3) is 0.489. The highest BCUT2D eigenvalue weighted by molar-refractivity contribution is 5.87. The fourth-order valence-corrected chi connectivity index (χ4v) is 9.74. The van der Waals surface area contributed by atoms with E-state index in [-0.39, 0.29) is 35.7 Å². The molecule has 5 aromatic rings. The molecule has 64 heavy (non-hydrogen) atoms. The predicted molar refractivity (Wildman–Crippen MR) is 236 cm³/mol. The number of carbonyl (C=O) groups is 4. The SMILES string of the molecule is COC(=O)NCC(=O)N1CCC[C@H]1c1nc2cc(F)c([C@H]3CC[C@@H](c4cc5[nH]c([C@@H]6CCCN6C(=O)C(NC(=O)OC)C(C)C)nc5cc4F)N3c3ccc(C(C)(C)C)cc3)cc2[nH]1. The number of ether oxygens (including phenoxy) is 2. The van der Waals surface area contributed by atoms with Gasteiger partial charge in [0.2, 0.25) is 11.8 Å². The molecule has 15 nitrogen and oxygen atoms in total. The Morgan fingerprint density at radius 3 is 1.77 bits per heavy atom. The van der Waals surface area contributed by atoms with E-state index in [0.717, 1.165) is 24.1 Å². The van der Waals surface area contributed by atoms with Crippen LogP contribution >= 0.6 is 0 Å². The van der Waals surface area contributed by atoms with Gasteiger partial charge in [0.1, 0.15) is 35.9 Å². The molecule has 3 aliphatic rings. The quantitative estimate of drug-likeness (QED) is 0.108. The van der Waals surface area contributed by atoms with Crippen LogP contribution in [0.15, 0.2) is 48.5 Å². The molecule has 3 aliphatic heterocycles. The van der Waals surface area contributed by atoms with E-state index in [1.54, 1.807) is 21.9 Å². The molecule has 5 atom stereocenters. The number of likely N-dealkylation sites (tertiary alicyclic amines) is 2. The summed E-state index contributed by atoms with van der Waals surface area (Å²) in [5.74, 6) is -0.527. The Labute approximate surface area is 370 Å². The van der Waals surface area contributed by atoms with Crippen molar-refractivity contribution in [2.75, 3.05) is 38.8 Å². The number of H-pyrrole nitrogens is 2. The molecule has 2 aromatic heterocycles. The van der Waals surface area contributed by atoms with Gasteiger partial charge in [-0.1, -0.05) is 46.8 Å². The summed E-state index contributed by atoms with van der Waals surface area (Å²) in [6.45, 7) is 10.9. The molecule has 0 spiro atoms. The van der Waals surface area contributed by atoms with Crippen molar-refractivity contribution >= 4 is 51.8 Å². The summed E-state index contributed by atoms with van der Waals surface area (Å²) < 4.78 is 42.6. The minimum atomic E-state index is -0.794. The third-order valence-corrected chi connectivity index (χ3v) is 13.1. The Morgan fingerprint density at radius 2 is 1.27 bits per heavy atom. The second-order valence-corrected chi connectivity index (χ2v) is 18.5. The summed E-state index contributed by atoms with van der Waals surface area (Å²) in [4.78, 5) is 72.5. The highest BCUT2D eigenvalue weighted by atomic mass is 19.1. The molecule has 4 amide bonds. The zero-order chi connectivity index (χ0) is 45.6. The number of anilines is 1. The van der Waals surface area contributed by atoms with E-state index in [1.165, 1.54) is 26.4 Å². The van der Waals surface area contributed by atoms with E-state index in [0.29, 0.717) is 83.6 Å². The van der Waals surface area contributed by atoms with Gasteiger partial charge in [0.25, 0.3) is 0 Å². The highest BCUT2D eigenvalue weighted by Gasteiger charge is 2.41. The van der Waals surface area contributed by atoms with Crippen molar-refractivity contribution in [2.24, 2.45) is 5.92 Å². The summed E-state index contributed by atoms with van der Waals surface area (Å²) in [6.07, 6.45) is 2.44. The Bertz CT molecular complexity index is 2570. The van der Waals surface area contributed by atoms with Crippen LogP contribution in [0.3, 0.4) is 0 Å². The Morgan fingerprint density at radius 1 is 0.750 bits per heavy atom. The minimum absolute atomic E-state index is 0.113. The summed E-state index contributed by atoms with van der Waals surface area (Å²) in [5.41, 5.74) is 4.77. The molecule has 0 aliphatic carbocycles. The molecule has 3 fully saturated rings. The Balaban J connectivity index is 1.12. The lowest BCUT2D eigenvalue weighted by molar-refractivity contribution is -0.135. The van der Waals surface area contributed by atoms with Crippen molar-refractivity contribution in [3.63, 3.8) is 0 Å². The number of nitrogens with zero attached hydrogens (tertiary/aromatic N) is 5. The number of imidazole rings is 2. The Hall–Kier alpha value is -6.26. The van der Waals surface area contributed by atoms with Gasteiger partial charge in [-0.3, -0.25) is 9.59 Å². The third kappa shape index (κ3) is 8.55. The summed E-state index contributed by atoms with van der Waals surface area (Å²) in [7, 11) is 2.49. The molecule has 0 bridgehead atoms. The van der Waals surface area contributed by atoms with Gasteiger partial charge in [-0.2, -0.15) is 0 Å². The Kier molecular flexibility index (Phi) is 12.3.